The van der Waals surface area contributed by atoms with Crippen LogP contribution in [0.5, 0.6) is 0 Å². The number of carbonyl (C=O) groups excluding carboxylic acids is 2. The fraction of sp³-hybridized carbons (Fsp3) is 0.111. The Balaban J connectivity index is 2.21. The molecule has 2 amide bonds. The van der Waals surface area contributed by atoms with Gasteiger partial charge in [0.15, 0.2) is 0 Å². The second-order valence-corrected chi connectivity index (χ2v) is 4.73. The minimum absolute atomic E-state index is 0.258. The van der Waals surface area contributed by atoms with Crippen molar-refractivity contribution in [3.63, 3.8) is 0 Å². The summed E-state index contributed by atoms with van der Waals surface area (Å²) in [5, 5.41) is 5.24. The standard InChI is InChI=1S/C18H18N2O2/c1-2-13-19-17(21)18(22)20-16(14-9-5-3-6-10-14)15-11-7-4-8-12-15/h2-12,16H,1,13H2,(H,19,21)(H,20,22). The topological polar surface area (TPSA) is 58.2 Å². The average molecular weight is 294 g/mol. The van der Waals surface area contributed by atoms with E-state index in [1.54, 1.807) is 0 Å². The minimum Gasteiger partial charge on any atom is -0.344 e. The Hall–Kier alpha value is -2.88. The summed E-state index contributed by atoms with van der Waals surface area (Å²) >= 11 is 0. The third kappa shape index (κ3) is 4.06. The van der Waals surface area contributed by atoms with Crippen molar-refractivity contribution in [2.24, 2.45) is 0 Å². The zero-order chi connectivity index (χ0) is 15.8. The predicted octanol–water partition coefficient (Wildman–Crippen LogP) is 2.19. The number of amides is 2. The zero-order valence-corrected chi connectivity index (χ0v) is 12.2. The predicted molar refractivity (Wildman–Crippen MR) is 86.1 cm³/mol. The Kier molecular flexibility index (Phi) is 5.49. The first-order chi connectivity index (χ1) is 10.7. The molecule has 2 rings (SSSR count). The van der Waals surface area contributed by atoms with Crippen molar-refractivity contribution in [3.8, 4) is 0 Å². The van der Waals surface area contributed by atoms with Gasteiger partial charge in [0.05, 0.1) is 6.04 Å². The summed E-state index contributed by atoms with van der Waals surface area (Å²) < 4.78 is 0. The molecular formula is C18H18N2O2. The van der Waals surface area contributed by atoms with E-state index in [1.807, 2.05) is 60.7 Å². The SMILES string of the molecule is C=CCNC(=O)C(=O)NC(c1ccccc1)c1ccccc1. The van der Waals surface area contributed by atoms with Gasteiger partial charge in [-0.2, -0.15) is 0 Å². The van der Waals surface area contributed by atoms with Gasteiger partial charge in [0.2, 0.25) is 0 Å². The fourth-order valence-corrected chi connectivity index (χ4v) is 2.09. The molecule has 0 saturated heterocycles. The van der Waals surface area contributed by atoms with E-state index in [9.17, 15) is 9.59 Å². The molecule has 0 unspecified atom stereocenters. The van der Waals surface area contributed by atoms with E-state index in [0.717, 1.165) is 11.1 Å². The largest absolute Gasteiger partial charge is 0.344 e. The molecule has 0 atom stereocenters. The lowest BCUT2D eigenvalue weighted by molar-refractivity contribution is -0.139. The van der Waals surface area contributed by atoms with Crippen molar-refractivity contribution in [2.45, 2.75) is 6.04 Å². The van der Waals surface area contributed by atoms with E-state index < -0.39 is 11.8 Å². The van der Waals surface area contributed by atoms with Gasteiger partial charge < -0.3 is 10.6 Å². The highest BCUT2D eigenvalue weighted by molar-refractivity contribution is 6.35. The van der Waals surface area contributed by atoms with E-state index in [2.05, 4.69) is 17.2 Å². The van der Waals surface area contributed by atoms with Gasteiger partial charge >= 0.3 is 11.8 Å². The molecular weight excluding hydrogens is 276 g/mol. The van der Waals surface area contributed by atoms with Crippen LogP contribution in [0.2, 0.25) is 0 Å². The van der Waals surface area contributed by atoms with Gasteiger partial charge in [0.25, 0.3) is 0 Å². The second kappa shape index (κ2) is 7.78. The molecule has 2 aromatic rings. The molecule has 4 heteroatoms. The monoisotopic (exact) mass is 294 g/mol. The van der Waals surface area contributed by atoms with E-state index >= 15 is 0 Å². The van der Waals surface area contributed by atoms with Crippen molar-refractivity contribution in [3.05, 3.63) is 84.4 Å². The van der Waals surface area contributed by atoms with Gasteiger partial charge in [-0.25, -0.2) is 0 Å². The first kappa shape index (κ1) is 15.5. The van der Waals surface area contributed by atoms with Crippen LogP contribution in [0.25, 0.3) is 0 Å². The van der Waals surface area contributed by atoms with Crippen LogP contribution >= 0.6 is 0 Å². The summed E-state index contributed by atoms with van der Waals surface area (Å²) in [5.41, 5.74) is 1.83. The van der Waals surface area contributed by atoms with Gasteiger partial charge in [-0.15, -0.1) is 6.58 Å². The quantitative estimate of drug-likeness (QED) is 0.656. The fourth-order valence-electron chi connectivity index (χ4n) is 2.09. The number of nitrogens with one attached hydrogen (secondary N) is 2. The third-order valence-corrected chi connectivity index (χ3v) is 3.15. The molecule has 2 N–H and O–H groups in total. The van der Waals surface area contributed by atoms with Crippen LogP contribution in [0.3, 0.4) is 0 Å². The number of benzene rings is 2. The summed E-state index contributed by atoms with van der Waals surface area (Å²) in [4.78, 5) is 23.8. The second-order valence-electron chi connectivity index (χ2n) is 4.73. The Morgan fingerprint density at radius 1 is 0.909 bits per heavy atom. The zero-order valence-electron chi connectivity index (χ0n) is 12.2. The van der Waals surface area contributed by atoms with Crippen molar-refractivity contribution < 1.29 is 9.59 Å². The molecule has 0 fully saturated rings. The van der Waals surface area contributed by atoms with Gasteiger partial charge in [0, 0.05) is 6.54 Å². The number of hydrogen-bond acceptors (Lipinski definition) is 2. The lowest BCUT2D eigenvalue weighted by atomic mass is 9.99. The molecule has 4 nitrogen and oxygen atoms in total. The lowest BCUT2D eigenvalue weighted by Gasteiger charge is -2.19. The Bertz CT molecular complexity index is 599. The highest BCUT2D eigenvalue weighted by Crippen LogP contribution is 2.21. The van der Waals surface area contributed by atoms with Gasteiger partial charge in [-0.05, 0) is 11.1 Å². The summed E-state index contributed by atoms with van der Waals surface area (Å²) in [6.45, 7) is 3.76. The number of hydrogen-bond donors (Lipinski definition) is 2. The Morgan fingerprint density at radius 2 is 1.41 bits per heavy atom. The van der Waals surface area contributed by atoms with Crippen LogP contribution in [-0.2, 0) is 9.59 Å². The molecule has 0 aliphatic rings. The van der Waals surface area contributed by atoms with Crippen molar-refractivity contribution in [2.75, 3.05) is 6.54 Å². The van der Waals surface area contributed by atoms with Crippen molar-refractivity contribution in [1.29, 1.82) is 0 Å². The van der Waals surface area contributed by atoms with E-state index in [1.165, 1.54) is 6.08 Å². The molecule has 22 heavy (non-hydrogen) atoms. The number of rotatable bonds is 5. The maximum Gasteiger partial charge on any atom is 0.310 e. The lowest BCUT2D eigenvalue weighted by Crippen LogP contribution is -2.41. The van der Waals surface area contributed by atoms with Crippen molar-refractivity contribution >= 4 is 11.8 Å². The van der Waals surface area contributed by atoms with E-state index in [0.29, 0.717) is 0 Å². The molecule has 0 spiro atoms. The van der Waals surface area contributed by atoms with Crippen LogP contribution < -0.4 is 10.6 Å². The molecule has 0 heterocycles. The van der Waals surface area contributed by atoms with E-state index in [-0.39, 0.29) is 12.6 Å². The first-order valence-electron chi connectivity index (χ1n) is 7.02. The summed E-state index contributed by atoms with van der Waals surface area (Å²) in [6, 6.07) is 18.7. The first-order valence-corrected chi connectivity index (χ1v) is 7.02. The smallest absolute Gasteiger partial charge is 0.310 e. The van der Waals surface area contributed by atoms with Gasteiger partial charge in [-0.3, -0.25) is 9.59 Å². The van der Waals surface area contributed by atoms with E-state index in [4.69, 9.17) is 0 Å². The summed E-state index contributed by atoms with van der Waals surface area (Å²) in [7, 11) is 0. The van der Waals surface area contributed by atoms with Crippen molar-refractivity contribution in [1.82, 2.24) is 10.6 Å². The van der Waals surface area contributed by atoms with Crippen LogP contribution in [-0.4, -0.2) is 18.4 Å². The Labute approximate surface area is 129 Å². The van der Waals surface area contributed by atoms with Crippen LogP contribution in [0, 0.1) is 0 Å². The molecule has 0 aliphatic heterocycles. The van der Waals surface area contributed by atoms with Crippen LogP contribution in [0.15, 0.2) is 73.3 Å². The molecule has 0 aromatic heterocycles. The highest BCUT2D eigenvalue weighted by atomic mass is 16.2. The molecule has 0 saturated carbocycles. The van der Waals surface area contributed by atoms with Gasteiger partial charge in [0.1, 0.15) is 0 Å². The Morgan fingerprint density at radius 3 is 1.86 bits per heavy atom. The maximum atomic E-state index is 12.0. The summed E-state index contributed by atoms with van der Waals surface area (Å²) in [6.07, 6.45) is 1.52. The molecule has 0 bridgehead atoms. The summed E-state index contributed by atoms with van der Waals surface area (Å²) in [5.74, 6) is -1.34. The molecule has 2 aromatic carbocycles. The average Bonchev–Trinajstić information content (AvgIpc) is 2.58. The van der Waals surface area contributed by atoms with Gasteiger partial charge in [-0.1, -0.05) is 66.7 Å². The maximum absolute atomic E-state index is 12.0. The third-order valence-electron chi connectivity index (χ3n) is 3.15. The number of carbonyl (C=O) groups is 2. The van der Waals surface area contributed by atoms with Crippen LogP contribution in [0.1, 0.15) is 17.2 Å². The molecule has 0 radical (unpaired) electrons. The molecule has 0 aliphatic carbocycles. The highest BCUT2D eigenvalue weighted by Gasteiger charge is 2.20. The van der Waals surface area contributed by atoms with Crippen LogP contribution in [0.4, 0.5) is 0 Å². The molecule has 112 valence electrons. The minimum atomic E-state index is -0.670. The normalized spacial score (nSPS) is 10.0.